The molecule has 1 aromatic heterocycles. The lowest BCUT2D eigenvalue weighted by molar-refractivity contribution is 0.0233. The number of nitrogens with one attached hydrogen (secondary N) is 1. The maximum absolute atomic E-state index is 12.9. The van der Waals surface area contributed by atoms with Crippen LogP contribution in [0.15, 0.2) is 54.7 Å². The number of ether oxygens (including phenoxy) is 1. The second-order valence-electron chi connectivity index (χ2n) is 9.59. The number of amides is 2. The molecule has 0 aliphatic heterocycles. The van der Waals surface area contributed by atoms with E-state index in [9.17, 15) is 9.59 Å². The number of hydrogen-bond acceptors (Lipinski definition) is 5. The molecule has 0 aliphatic carbocycles. The Bertz CT molecular complexity index is 1240. The molecule has 3 aromatic rings. The molecule has 7 nitrogen and oxygen atoms in total. The van der Waals surface area contributed by atoms with Crippen molar-refractivity contribution in [2.75, 3.05) is 17.6 Å². The van der Waals surface area contributed by atoms with Crippen LogP contribution in [0.5, 0.6) is 0 Å². The van der Waals surface area contributed by atoms with E-state index in [4.69, 9.17) is 22.1 Å². The van der Waals surface area contributed by atoms with Gasteiger partial charge in [0, 0.05) is 24.0 Å². The van der Waals surface area contributed by atoms with Crippen molar-refractivity contribution in [1.82, 2.24) is 9.88 Å². The van der Waals surface area contributed by atoms with Gasteiger partial charge in [0.15, 0.2) is 0 Å². The Morgan fingerprint density at radius 3 is 2.42 bits per heavy atom. The summed E-state index contributed by atoms with van der Waals surface area (Å²) in [4.78, 5) is 31.4. The van der Waals surface area contributed by atoms with Crippen LogP contribution in [-0.2, 0) is 11.3 Å². The van der Waals surface area contributed by atoms with Gasteiger partial charge in [-0.3, -0.25) is 9.78 Å². The third-order valence-corrected chi connectivity index (χ3v) is 5.90. The maximum atomic E-state index is 12.9. The molecular weight excluding hydrogens is 476 g/mol. The number of carbonyl (C=O) groups excluding carboxylic acids is 2. The van der Waals surface area contributed by atoms with Crippen molar-refractivity contribution in [3.63, 3.8) is 0 Å². The van der Waals surface area contributed by atoms with E-state index in [1.807, 2.05) is 65.0 Å². The van der Waals surface area contributed by atoms with Gasteiger partial charge in [-0.25, -0.2) is 4.79 Å². The highest BCUT2D eigenvalue weighted by atomic mass is 35.5. The molecule has 36 heavy (non-hydrogen) atoms. The SMILES string of the molecule is CCCN(Cc1ccc(C(=O)Nc2cccc(-c3cccc(N)c3Cl)c2C)nc1)C(=O)OC(C)(C)C. The fourth-order valence-electron chi connectivity index (χ4n) is 3.71. The van der Waals surface area contributed by atoms with E-state index < -0.39 is 5.60 Å². The Morgan fingerprint density at radius 1 is 1.08 bits per heavy atom. The van der Waals surface area contributed by atoms with E-state index >= 15 is 0 Å². The number of nitrogen functional groups attached to an aromatic ring is 1. The smallest absolute Gasteiger partial charge is 0.410 e. The first kappa shape index (κ1) is 27.0. The first-order valence-corrected chi connectivity index (χ1v) is 12.3. The summed E-state index contributed by atoms with van der Waals surface area (Å²) in [5.74, 6) is -0.335. The molecule has 0 atom stereocenters. The highest BCUT2D eigenvalue weighted by Gasteiger charge is 2.22. The molecule has 3 N–H and O–H groups in total. The topological polar surface area (TPSA) is 97.5 Å². The number of aromatic nitrogens is 1. The molecule has 0 saturated heterocycles. The number of benzene rings is 2. The van der Waals surface area contributed by atoms with E-state index in [1.165, 1.54) is 0 Å². The predicted octanol–water partition coefficient (Wildman–Crippen LogP) is 6.69. The van der Waals surface area contributed by atoms with Gasteiger partial charge in [-0.05, 0) is 69.0 Å². The third kappa shape index (κ3) is 6.76. The van der Waals surface area contributed by atoms with Crippen molar-refractivity contribution in [3.05, 3.63) is 76.6 Å². The average Bonchev–Trinajstić information content (AvgIpc) is 2.81. The van der Waals surface area contributed by atoms with Gasteiger partial charge in [-0.1, -0.05) is 48.9 Å². The molecule has 190 valence electrons. The summed E-state index contributed by atoms with van der Waals surface area (Å²) in [7, 11) is 0. The molecule has 0 fully saturated rings. The lowest BCUT2D eigenvalue weighted by atomic mass is 9.98. The molecule has 0 saturated carbocycles. The molecule has 0 bridgehead atoms. The Labute approximate surface area is 217 Å². The minimum Gasteiger partial charge on any atom is -0.444 e. The molecule has 0 radical (unpaired) electrons. The number of pyridine rings is 1. The van der Waals surface area contributed by atoms with Crippen LogP contribution >= 0.6 is 11.6 Å². The third-order valence-electron chi connectivity index (χ3n) is 5.48. The first-order valence-electron chi connectivity index (χ1n) is 11.9. The van der Waals surface area contributed by atoms with Gasteiger partial charge in [0.2, 0.25) is 0 Å². The fourth-order valence-corrected chi connectivity index (χ4v) is 3.94. The van der Waals surface area contributed by atoms with Crippen molar-refractivity contribution < 1.29 is 14.3 Å². The summed E-state index contributed by atoms with van der Waals surface area (Å²) in [6.07, 6.45) is 2.03. The lowest BCUT2D eigenvalue weighted by Crippen LogP contribution is -2.36. The summed E-state index contributed by atoms with van der Waals surface area (Å²) >= 11 is 6.42. The Morgan fingerprint density at radius 2 is 1.78 bits per heavy atom. The summed E-state index contributed by atoms with van der Waals surface area (Å²) < 4.78 is 5.51. The van der Waals surface area contributed by atoms with E-state index in [2.05, 4.69) is 10.3 Å². The second kappa shape index (κ2) is 11.4. The summed E-state index contributed by atoms with van der Waals surface area (Å²) in [5.41, 5.74) is 10.2. The van der Waals surface area contributed by atoms with Gasteiger partial charge in [0.25, 0.3) is 5.91 Å². The Hall–Kier alpha value is -3.58. The quantitative estimate of drug-likeness (QED) is 0.346. The molecule has 0 spiro atoms. The Kier molecular flexibility index (Phi) is 8.58. The number of nitrogens with two attached hydrogens (primary N) is 1. The predicted molar refractivity (Wildman–Crippen MR) is 145 cm³/mol. The average molecular weight is 509 g/mol. The number of rotatable bonds is 7. The molecular formula is C28H33ClN4O3. The standard InChI is InChI=1S/C28H33ClN4O3/c1-6-15-33(27(35)36-28(3,4)5)17-19-13-14-24(31-16-19)26(34)32-23-12-8-9-20(18(23)2)21-10-7-11-22(30)25(21)29/h7-14,16H,6,15,17,30H2,1-5H3,(H,32,34). The van der Waals surface area contributed by atoms with Gasteiger partial charge < -0.3 is 20.7 Å². The Balaban J connectivity index is 1.74. The first-order chi connectivity index (χ1) is 17.0. The largest absolute Gasteiger partial charge is 0.444 e. The normalized spacial score (nSPS) is 11.2. The molecule has 8 heteroatoms. The van der Waals surface area contributed by atoms with Crippen LogP contribution in [0.3, 0.4) is 0 Å². The second-order valence-corrected chi connectivity index (χ2v) is 9.97. The van der Waals surface area contributed by atoms with E-state index in [0.29, 0.717) is 29.5 Å². The van der Waals surface area contributed by atoms with Crippen LogP contribution < -0.4 is 11.1 Å². The highest BCUT2D eigenvalue weighted by molar-refractivity contribution is 6.35. The summed E-state index contributed by atoms with van der Waals surface area (Å²) in [5, 5.41) is 3.41. The summed E-state index contributed by atoms with van der Waals surface area (Å²) in [6.45, 7) is 10.3. The van der Waals surface area contributed by atoms with Crippen molar-refractivity contribution in [2.24, 2.45) is 0 Å². The maximum Gasteiger partial charge on any atom is 0.410 e. The van der Waals surface area contributed by atoms with E-state index in [0.717, 1.165) is 28.7 Å². The number of anilines is 2. The minimum absolute atomic E-state index is 0.268. The van der Waals surface area contributed by atoms with Crippen LogP contribution in [0.1, 0.15) is 55.7 Å². The van der Waals surface area contributed by atoms with E-state index in [-0.39, 0.29) is 17.7 Å². The van der Waals surface area contributed by atoms with Gasteiger partial charge in [-0.2, -0.15) is 0 Å². The summed E-state index contributed by atoms with van der Waals surface area (Å²) in [6, 6.07) is 14.6. The number of nitrogens with zero attached hydrogens (tertiary/aromatic N) is 2. The number of halogens is 1. The minimum atomic E-state index is -0.572. The highest BCUT2D eigenvalue weighted by Crippen LogP contribution is 2.36. The van der Waals surface area contributed by atoms with Crippen LogP contribution in [0.25, 0.3) is 11.1 Å². The fraction of sp³-hybridized carbons (Fsp3) is 0.321. The van der Waals surface area contributed by atoms with Crippen molar-refractivity contribution in [3.8, 4) is 11.1 Å². The van der Waals surface area contributed by atoms with Crippen LogP contribution in [-0.4, -0.2) is 34.0 Å². The molecule has 1 heterocycles. The molecule has 2 amide bonds. The molecule has 3 rings (SSSR count). The zero-order valence-corrected chi connectivity index (χ0v) is 22.1. The number of hydrogen-bond donors (Lipinski definition) is 2. The van der Waals surface area contributed by atoms with Crippen molar-refractivity contribution in [2.45, 2.75) is 53.2 Å². The van der Waals surface area contributed by atoms with Crippen molar-refractivity contribution in [1.29, 1.82) is 0 Å². The number of carbonyl (C=O) groups is 2. The van der Waals surface area contributed by atoms with Gasteiger partial charge in [0.1, 0.15) is 11.3 Å². The lowest BCUT2D eigenvalue weighted by Gasteiger charge is -2.27. The zero-order valence-electron chi connectivity index (χ0n) is 21.4. The van der Waals surface area contributed by atoms with Gasteiger partial charge >= 0.3 is 6.09 Å². The zero-order chi connectivity index (χ0) is 26.5. The monoisotopic (exact) mass is 508 g/mol. The van der Waals surface area contributed by atoms with Gasteiger partial charge in [-0.15, -0.1) is 0 Å². The van der Waals surface area contributed by atoms with Crippen LogP contribution in [0, 0.1) is 6.92 Å². The molecule has 0 unspecified atom stereocenters. The van der Waals surface area contributed by atoms with Crippen LogP contribution in [0.2, 0.25) is 5.02 Å². The van der Waals surface area contributed by atoms with Crippen LogP contribution in [0.4, 0.5) is 16.2 Å². The van der Waals surface area contributed by atoms with Gasteiger partial charge in [0.05, 0.1) is 17.3 Å². The molecule has 0 aliphatic rings. The molecule has 2 aromatic carbocycles. The van der Waals surface area contributed by atoms with Crippen molar-refractivity contribution >= 4 is 35.0 Å². The van der Waals surface area contributed by atoms with E-state index in [1.54, 1.807) is 29.3 Å².